The van der Waals surface area contributed by atoms with Crippen molar-refractivity contribution in [2.45, 2.75) is 11.8 Å². The zero-order valence-electron chi connectivity index (χ0n) is 5.36. The van der Waals surface area contributed by atoms with E-state index in [9.17, 15) is 0 Å². The molecule has 0 nitrogen and oxygen atoms in total. The van der Waals surface area contributed by atoms with E-state index >= 15 is 0 Å². The normalized spacial score (nSPS) is 10.0. The second kappa shape index (κ2) is 3.16. The van der Waals surface area contributed by atoms with Crippen LogP contribution < -0.4 is 0 Å². The highest BCUT2D eigenvalue weighted by atomic mass is 79.9. The van der Waals surface area contributed by atoms with Gasteiger partial charge in [0.1, 0.15) is 0 Å². The van der Waals surface area contributed by atoms with Crippen LogP contribution in [0.25, 0.3) is 0 Å². The number of hydrogen-bond acceptors (Lipinski definition) is 1. The standard InChI is InChI=1S/C7H6BrClS/c1-4-2-6(9)5(8)3-7(4)10/h2-3,10H,1H3. The minimum Gasteiger partial charge on any atom is -0.143 e. The predicted octanol–water partition coefficient (Wildman–Crippen LogP) is 3.70. The Balaban J connectivity index is 3.28. The lowest BCUT2D eigenvalue weighted by Crippen LogP contribution is -1.76. The molecule has 0 heterocycles. The Hall–Kier alpha value is 0.340. The maximum absolute atomic E-state index is 5.81. The summed E-state index contributed by atoms with van der Waals surface area (Å²) in [5.41, 5.74) is 1.09. The second-order valence-corrected chi connectivity index (χ2v) is 3.80. The lowest BCUT2D eigenvalue weighted by molar-refractivity contribution is 1.30. The van der Waals surface area contributed by atoms with Crippen LogP contribution in [0.5, 0.6) is 0 Å². The molecule has 0 spiro atoms. The largest absolute Gasteiger partial charge is 0.143 e. The van der Waals surface area contributed by atoms with Crippen LogP contribution in [0.2, 0.25) is 5.02 Å². The van der Waals surface area contributed by atoms with Gasteiger partial charge in [0, 0.05) is 9.37 Å². The Morgan fingerprint density at radius 1 is 1.50 bits per heavy atom. The molecule has 0 aromatic heterocycles. The van der Waals surface area contributed by atoms with Crippen LogP contribution in [-0.2, 0) is 0 Å². The quantitative estimate of drug-likeness (QED) is 0.654. The number of aryl methyl sites for hydroxylation is 1. The first-order chi connectivity index (χ1) is 4.61. The highest BCUT2D eigenvalue weighted by Gasteiger charge is 1.99. The van der Waals surface area contributed by atoms with E-state index in [2.05, 4.69) is 28.6 Å². The van der Waals surface area contributed by atoms with Gasteiger partial charge in [-0.3, -0.25) is 0 Å². The van der Waals surface area contributed by atoms with Crippen molar-refractivity contribution >= 4 is 40.2 Å². The molecule has 0 aliphatic carbocycles. The fourth-order valence-electron chi connectivity index (χ4n) is 0.636. The Bertz CT molecular complexity index is 210. The van der Waals surface area contributed by atoms with Gasteiger partial charge in [-0.1, -0.05) is 11.6 Å². The minimum atomic E-state index is 0.732. The maximum Gasteiger partial charge on any atom is 0.0551 e. The Labute approximate surface area is 79.1 Å². The summed E-state index contributed by atoms with van der Waals surface area (Å²) in [7, 11) is 0. The average Bonchev–Trinajstić information content (AvgIpc) is 1.84. The van der Waals surface area contributed by atoms with E-state index < -0.39 is 0 Å². The molecule has 0 aliphatic heterocycles. The first-order valence-corrected chi connectivity index (χ1v) is 4.37. The molecule has 54 valence electrons. The third-order valence-electron chi connectivity index (χ3n) is 1.24. The summed E-state index contributed by atoms with van der Waals surface area (Å²) in [6.07, 6.45) is 0. The number of benzene rings is 1. The van der Waals surface area contributed by atoms with Crippen molar-refractivity contribution < 1.29 is 0 Å². The van der Waals surface area contributed by atoms with Crippen molar-refractivity contribution in [2.24, 2.45) is 0 Å². The number of thiol groups is 1. The van der Waals surface area contributed by atoms with E-state index in [1.54, 1.807) is 0 Å². The number of rotatable bonds is 0. The van der Waals surface area contributed by atoms with Crippen LogP contribution in [0, 0.1) is 6.92 Å². The van der Waals surface area contributed by atoms with E-state index in [1.807, 2.05) is 19.1 Å². The summed E-state index contributed by atoms with van der Waals surface area (Å²) in [6.45, 7) is 1.97. The zero-order valence-corrected chi connectivity index (χ0v) is 8.59. The molecular formula is C7H6BrClS. The molecule has 0 saturated carbocycles. The van der Waals surface area contributed by atoms with Gasteiger partial charge in [-0.2, -0.15) is 0 Å². The van der Waals surface area contributed by atoms with Gasteiger partial charge in [-0.25, -0.2) is 0 Å². The topological polar surface area (TPSA) is 0 Å². The third kappa shape index (κ3) is 1.68. The van der Waals surface area contributed by atoms with Gasteiger partial charge in [0.15, 0.2) is 0 Å². The van der Waals surface area contributed by atoms with Crippen LogP contribution in [0.3, 0.4) is 0 Å². The van der Waals surface area contributed by atoms with Crippen molar-refractivity contribution in [3.63, 3.8) is 0 Å². The van der Waals surface area contributed by atoms with Gasteiger partial charge in [-0.05, 0) is 40.5 Å². The van der Waals surface area contributed by atoms with Crippen molar-refractivity contribution in [1.82, 2.24) is 0 Å². The fourth-order valence-corrected chi connectivity index (χ4v) is 1.57. The number of halogens is 2. The van der Waals surface area contributed by atoms with Crippen LogP contribution in [-0.4, -0.2) is 0 Å². The Morgan fingerprint density at radius 3 is 2.60 bits per heavy atom. The van der Waals surface area contributed by atoms with Crippen LogP contribution in [0.15, 0.2) is 21.5 Å². The molecule has 0 radical (unpaired) electrons. The van der Waals surface area contributed by atoms with Crippen LogP contribution in [0.1, 0.15) is 5.56 Å². The van der Waals surface area contributed by atoms with Gasteiger partial charge >= 0.3 is 0 Å². The minimum absolute atomic E-state index is 0.732. The molecule has 1 rings (SSSR count). The fraction of sp³-hybridized carbons (Fsp3) is 0.143. The first-order valence-electron chi connectivity index (χ1n) is 2.76. The molecule has 0 saturated heterocycles. The molecule has 0 atom stereocenters. The molecule has 1 aromatic carbocycles. The van der Waals surface area contributed by atoms with Gasteiger partial charge in [0.2, 0.25) is 0 Å². The summed E-state index contributed by atoms with van der Waals surface area (Å²) in [5, 5.41) is 0.732. The van der Waals surface area contributed by atoms with Gasteiger partial charge in [0.25, 0.3) is 0 Å². The summed E-state index contributed by atoms with van der Waals surface area (Å²) in [4.78, 5) is 0.955. The van der Waals surface area contributed by atoms with Crippen molar-refractivity contribution in [1.29, 1.82) is 0 Å². The monoisotopic (exact) mass is 236 g/mol. The molecule has 3 heteroatoms. The smallest absolute Gasteiger partial charge is 0.0551 e. The molecule has 0 fully saturated rings. The Kier molecular flexibility index (Phi) is 2.67. The van der Waals surface area contributed by atoms with E-state index in [4.69, 9.17) is 11.6 Å². The zero-order chi connectivity index (χ0) is 7.72. The summed E-state index contributed by atoms with van der Waals surface area (Å²) < 4.78 is 0.893. The first kappa shape index (κ1) is 8.44. The molecule has 10 heavy (non-hydrogen) atoms. The van der Waals surface area contributed by atoms with Crippen LogP contribution in [0.4, 0.5) is 0 Å². The van der Waals surface area contributed by atoms with Crippen molar-refractivity contribution in [3.05, 3.63) is 27.2 Å². The SMILES string of the molecule is Cc1cc(Cl)c(Br)cc1S. The summed E-state index contributed by atoms with van der Waals surface area (Å²) >= 11 is 13.3. The maximum atomic E-state index is 5.81. The van der Waals surface area contributed by atoms with Crippen molar-refractivity contribution in [3.8, 4) is 0 Å². The van der Waals surface area contributed by atoms with Crippen molar-refractivity contribution in [2.75, 3.05) is 0 Å². The van der Waals surface area contributed by atoms with Crippen LogP contribution >= 0.6 is 40.2 Å². The average molecular weight is 238 g/mol. The molecular weight excluding hydrogens is 232 g/mol. The molecule has 0 unspecified atom stereocenters. The van der Waals surface area contributed by atoms with Gasteiger partial charge in [0.05, 0.1) is 5.02 Å². The van der Waals surface area contributed by atoms with Gasteiger partial charge in [-0.15, -0.1) is 12.6 Å². The second-order valence-electron chi connectivity index (χ2n) is 2.05. The third-order valence-corrected chi connectivity index (χ3v) is 2.92. The van der Waals surface area contributed by atoms with Gasteiger partial charge < -0.3 is 0 Å². The predicted molar refractivity (Wildman–Crippen MR) is 51.1 cm³/mol. The van der Waals surface area contributed by atoms with E-state index in [-0.39, 0.29) is 0 Å². The van der Waals surface area contributed by atoms with E-state index in [0.29, 0.717) is 0 Å². The summed E-state index contributed by atoms with van der Waals surface area (Å²) in [5.74, 6) is 0. The summed E-state index contributed by atoms with van der Waals surface area (Å²) in [6, 6.07) is 3.77. The molecule has 0 amide bonds. The Morgan fingerprint density at radius 2 is 2.10 bits per heavy atom. The lowest BCUT2D eigenvalue weighted by atomic mass is 10.2. The molecule has 1 aromatic rings. The molecule has 0 N–H and O–H groups in total. The lowest BCUT2D eigenvalue weighted by Gasteiger charge is -2.00. The molecule has 0 bridgehead atoms. The van der Waals surface area contributed by atoms with E-state index in [0.717, 1.165) is 20.0 Å². The highest BCUT2D eigenvalue weighted by molar-refractivity contribution is 9.10. The molecule has 0 aliphatic rings. The number of hydrogen-bond donors (Lipinski definition) is 1. The van der Waals surface area contributed by atoms with E-state index in [1.165, 1.54) is 0 Å². The highest BCUT2D eigenvalue weighted by Crippen LogP contribution is 2.27.